The summed E-state index contributed by atoms with van der Waals surface area (Å²) in [6.45, 7) is 3.78. The quantitative estimate of drug-likeness (QED) is 0.234. The average Bonchev–Trinajstić information content (AvgIpc) is 3.66. The van der Waals surface area contributed by atoms with Gasteiger partial charge in [-0.25, -0.2) is 19.2 Å². The van der Waals surface area contributed by atoms with Gasteiger partial charge < -0.3 is 10.2 Å². The fourth-order valence-corrected chi connectivity index (χ4v) is 8.49. The van der Waals surface area contributed by atoms with Crippen molar-refractivity contribution in [2.45, 2.75) is 76.0 Å². The molecule has 8 rings (SSSR count). The van der Waals surface area contributed by atoms with E-state index in [1.807, 2.05) is 42.1 Å². The van der Waals surface area contributed by atoms with Crippen LogP contribution in [0.15, 0.2) is 59.7 Å². The summed E-state index contributed by atoms with van der Waals surface area (Å²) in [5.74, 6) is -0.576. The second kappa shape index (κ2) is 13.7. The molecule has 0 radical (unpaired) electrons. The number of fused-ring (bicyclic) bond motifs is 2. The van der Waals surface area contributed by atoms with Crippen molar-refractivity contribution in [3.63, 3.8) is 0 Å². The second-order valence-corrected chi connectivity index (χ2v) is 14.6. The van der Waals surface area contributed by atoms with Crippen LogP contribution in [0.25, 0.3) is 21.9 Å². The van der Waals surface area contributed by atoms with Gasteiger partial charge in [-0.05, 0) is 87.7 Å². The standard InChI is InChI=1S/C38H42FN9O4/c1-22-5-3-7-29(41-22)36(50)42-33-17-24-20-47(44-30(24)18-40-33)25-11-9-23(10-12-25)19-46-16-15-26(28(39)21-46)27-6-4-8-31-35(27)45(2)38(52)48(31)32-13-14-34(49)43-37(32)51/h3-8,17-18,20,23,25-26,28,32H,9-16,19,21H2,1-2H3,(H,42,50)(H,43,49,51)/t23?,25?,26-,28-,32?/m1/s1. The summed E-state index contributed by atoms with van der Waals surface area (Å²) in [6, 6.07) is 12.2. The molecule has 1 aliphatic carbocycles. The van der Waals surface area contributed by atoms with Gasteiger partial charge >= 0.3 is 5.69 Å². The molecule has 13 nitrogen and oxygen atoms in total. The number of hydrogen-bond acceptors (Lipinski definition) is 8. The third-order valence-corrected chi connectivity index (χ3v) is 11.2. The minimum Gasteiger partial charge on any atom is -0.305 e. The van der Waals surface area contributed by atoms with Gasteiger partial charge in [0.25, 0.3) is 5.91 Å². The Morgan fingerprint density at radius 1 is 1.04 bits per heavy atom. The molecule has 5 aromatic rings. The van der Waals surface area contributed by atoms with Crippen molar-refractivity contribution >= 4 is 45.5 Å². The number of alkyl halides is 1. The molecule has 1 unspecified atom stereocenters. The maximum atomic E-state index is 16.1. The topological polar surface area (TPSA) is 149 Å². The third-order valence-electron chi connectivity index (χ3n) is 11.2. The van der Waals surface area contributed by atoms with E-state index >= 15 is 4.39 Å². The van der Waals surface area contributed by atoms with Crippen molar-refractivity contribution in [2.24, 2.45) is 13.0 Å². The molecule has 270 valence electrons. The number of carbonyl (C=O) groups is 3. The molecule has 2 N–H and O–H groups in total. The van der Waals surface area contributed by atoms with Crippen LogP contribution in [-0.2, 0) is 16.6 Å². The van der Waals surface area contributed by atoms with Gasteiger partial charge in [-0.1, -0.05) is 18.2 Å². The first-order chi connectivity index (χ1) is 25.1. The largest absolute Gasteiger partial charge is 0.329 e. The zero-order valence-electron chi connectivity index (χ0n) is 29.3. The molecule has 0 spiro atoms. The van der Waals surface area contributed by atoms with Crippen molar-refractivity contribution < 1.29 is 18.8 Å². The van der Waals surface area contributed by atoms with Crippen LogP contribution in [0, 0.1) is 12.8 Å². The molecule has 2 saturated heterocycles. The highest BCUT2D eigenvalue weighted by Crippen LogP contribution is 2.38. The molecular formula is C38H42FN9O4. The Hall–Kier alpha value is -5.24. The summed E-state index contributed by atoms with van der Waals surface area (Å²) < 4.78 is 21.1. The van der Waals surface area contributed by atoms with Gasteiger partial charge in [-0.2, -0.15) is 5.10 Å². The number of anilines is 1. The number of rotatable bonds is 7. The fourth-order valence-electron chi connectivity index (χ4n) is 8.49. The van der Waals surface area contributed by atoms with Crippen LogP contribution in [0.1, 0.15) is 84.7 Å². The summed E-state index contributed by atoms with van der Waals surface area (Å²) in [6.07, 6.45) is 7.66. The van der Waals surface area contributed by atoms with E-state index in [0.29, 0.717) is 41.4 Å². The molecule has 3 atom stereocenters. The Balaban J connectivity index is 0.880. The number of likely N-dealkylation sites (tertiary alicyclic amines) is 1. The number of benzene rings is 1. The second-order valence-electron chi connectivity index (χ2n) is 14.6. The molecule has 0 bridgehead atoms. The summed E-state index contributed by atoms with van der Waals surface area (Å²) in [4.78, 5) is 61.4. The zero-order chi connectivity index (χ0) is 36.1. The normalized spacial score (nSPS) is 24.3. The molecular weight excluding hydrogens is 665 g/mol. The van der Waals surface area contributed by atoms with Gasteiger partial charge in [0, 0.05) is 49.8 Å². The number of hydrogen-bond donors (Lipinski definition) is 2. The molecule has 4 aromatic heterocycles. The number of nitrogens with zero attached hydrogens (tertiary/aromatic N) is 7. The van der Waals surface area contributed by atoms with Crippen LogP contribution in [0.4, 0.5) is 10.2 Å². The lowest BCUT2D eigenvalue weighted by molar-refractivity contribution is -0.135. The first kappa shape index (κ1) is 33.9. The minimum absolute atomic E-state index is 0.167. The van der Waals surface area contributed by atoms with E-state index < -0.39 is 18.1 Å². The Morgan fingerprint density at radius 2 is 1.85 bits per heavy atom. The number of imide groups is 1. The number of aromatic nitrogens is 6. The molecule has 14 heteroatoms. The van der Waals surface area contributed by atoms with Crippen LogP contribution >= 0.6 is 0 Å². The van der Waals surface area contributed by atoms with Crippen LogP contribution < -0.4 is 16.3 Å². The Bertz CT molecular complexity index is 2250. The monoisotopic (exact) mass is 707 g/mol. The zero-order valence-corrected chi connectivity index (χ0v) is 29.3. The van der Waals surface area contributed by atoms with Crippen molar-refractivity contribution in [1.82, 2.24) is 39.1 Å². The van der Waals surface area contributed by atoms with Crippen LogP contribution in [0.2, 0.25) is 0 Å². The highest BCUT2D eigenvalue weighted by atomic mass is 19.1. The average molecular weight is 708 g/mol. The van der Waals surface area contributed by atoms with Crippen molar-refractivity contribution in [1.29, 1.82) is 0 Å². The number of carbonyl (C=O) groups excluding carboxylic acids is 3. The van der Waals surface area contributed by atoms with Gasteiger partial charge in [-0.15, -0.1) is 0 Å². The maximum absolute atomic E-state index is 16.1. The lowest BCUT2D eigenvalue weighted by atomic mass is 9.83. The predicted molar refractivity (Wildman–Crippen MR) is 193 cm³/mol. The fraction of sp³-hybridized carbons (Fsp3) is 0.447. The molecule has 52 heavy (non-hydrogen) atoms. The number of amides is 3. The number of imidazole rings is 1. The Labute approximate surface area is 299 Å². The Morgan fingerprint density at radius 3 is 2.62 bits per heavy atom. The number of piperidine rings is 2. The van der Waals surface area contributed by atoms with Gasteiger partial charge in [0.15, 0.2) is 0 Å². The maximum Gasteiger partial charge on any atom is 0.329 e. The number of halogens is 1. The molecule has 3 amide bonds. The molecule has 6 heterocycles. The van der Waals surface area contributed by atoms with E-state index in [0.717, 1.165) is 60.9 Å². The van der Waals surface area contributed by atoms with Crippen LogP contribution in [-0.4, -0.2) is 77.3 Å². The number of para-hydroxylation sites is 1. The summed E-state index contributed by atoms with van der Waals surface area (Å²) in [5.41, 5.74) is 3.57. The van der Waals surface area contributed by atoms with E-state index in [9.17, 15) is 19.2 Å². The van der Waals surface area contributed by atoms with Crippen molar-refractivity contribution in [2.75, 3.05) is 25.0 Å². The summed E-state index contributed by atoms with van der Waals surface area (Å²) in [5, 5.41) is 10.9. The van der Waals surface area contributed by atoms with E-state index in [-0.39, 0.29) is 42.3 Å². The minimum atomic E-state index is -1.10. The molecule has 3 aliphatic rings. The smallest absolute Gasteiger partial charge is 0.305 e. The van der Waals surface area contributed by atoms with Crippen molar-refractivity contribution in [3.8, 4) is 0 Å². The van der Waals surface area contributed by atoms with Gasteiger partial charge in [0.1, 0.15) is 29.2 Å². The predicted octanol–water partition coefficient (Wildman–Crippen LogP) is 4.58. The van der Waals surface area contributed by atoms with E-state index in [1.165, 1.54) is 9.13 Å². The van der Waals surface area contributed by atoms with Crippen LogP contribution in [0.3, 0.4) is 0 Å². The van der Waals surface area contributed by atoms with Crippen molar-refractivity contribution in [3.05, 3.63) is 82.3 Å². The lowest BCUT2D eigenvalue weighted by Gasteiger charge is -2.38. The molecule has 3 fully saturated rings. The number of pyridine rings is 2. The highest BCUT2D eigenvalue weighted by molar-refractivity contribution is 6.03. The van der Waals surface area contributed by atoms with Gasteiger partial charge in [-0.3, -0.25) is 33.5 Å². The van der Waals surface area contributed by atoms with E-state index in [2.05, 4.69) is 25.5 Å². The third kappa shape index (κ3) is 6.40. The number of aryl methyl sites for hydroxylation is 2. The lowest BCUT2D eigenvalue weighted by Crippen LogP contribution is -2.44. The number of nitrogens with one attached hydrogen (secondary N) is 2. The van der Waals surface area contributed by atoms with E-state index in [4.69, 9.17) is 5.10 Å². The Kier molecular flexibility index (Phi) is 8.94. The first-order valence-corrected chi connectivity index (χ1v) is 18.1. The highest BCUT2D eigenvalue weighted by Gasteiger charge is 2.36. The molecule has 2 aliphatic heterocycles. The molecule has 1 saturated carbocycles. The molecule has 1 aromatic carbocycles. The van der Waals surface area contributed by atoms with E-state index in [1.54, 1.807) is 31.4 Å². The summed E-state index contributed by atoms with van der Waals surface area (Å²) >= 11 is 0. The van der Waals surface area contributed by atoms with Gasteiger partial charge in [0.05, 0.1) is 23.3 Å². The SMILES string of the molecule is Cc1cccc(C(=O)Nc2cc3cn(C4CCC(CN5CC[C@H](c6cccc7c6n(C)c(=O)n7C6CCC(=O)NC6=O)[C@H](F)C5)CC4)nc3cn2)n1. The summed E-state index contributed by atoms with van der Waals surface area (Å²) in [7, 11) is 1.67. The van der Waals surface area contributed by atoms with Crippen LogP contribution in [0.5, 0.6) is 0 Å². The van der Waals surface area contributed by atoms with Gasteiger partial charge in [0.2, 0.25) is 11.8 Å². The first-order valence-electron chi connectivity index (χ1n) is 18.1.